The van der Waals surface area contributed by atoms with Crippen molar-refractivity contribution in [3.8, 4) is 10.6 Å². The Bertz CT molecular complexity index is 1020. The summed E-state index contributed by atoms with van der Waals surface area (Å²) in [5.41, 5.74) is 3.71. The van der Waals surface area contributed by atoms with E-state index in [1.165, 1.54) is 11.3 Å². The van der Waals surface area contributed by atoms with Gasteiger partial charge in [0, 0.05) is 18.0 Å². The summed E-state index contributed by atoms with van der Waals surface area (Å²) in [4.78, 5) is 22.4. The van der Waals surface area contributed by atoms with Gasteiger partial charge in [-0.15, -0.1) is 11.3 Å². The van der Waals surface area contributed by atoms with Crippen molar-refractivity contribution in [2.24, 2.45) is 0 Å². The number of aromatic nitrogens is 2. The van der Waals surface area contributed by atoms with Gasteiger partial charge in [-0.1, -0.05) is 60.7 Å². The summed E-state index contributed by atoms with van der Waals surface area (Å²) in [6, 6.07) is 23.6. The van der Waals surface area contributed by atoms with Crippen LogP contribution in [-0.2, 0) is 0 Å². The first kappa shape index (κ1) is 18.1. The van der Waals surface area contributed by atoms with Crippen molar-refractivity contribution in [1.82, 2.24) is 15.3 Å². The molecule has 2 aromatic heterocycles. The molecule has 0 unspecified atom stereocenters. The van der Waals surface area contributed by atoms with Gasteiger partial charge >= 0.3 is 0 Å². The molecule has 0 saturated heterocycles. The predicted octanol–water partition coefficient (Wildman–Crippen LogP) is 5.03. The third-order valence-corrected chi connectivity index (χ3v) is 5.66. The van der Waals surface area contributed by atoms with E-state index in [4.69, 9.17) is 0 Å². The van der Waals surface area contributed by atoms with Crippen LogP contribution in [0.4, 0.5) is 0 Å². The first-order valence-corrected chi connectivity index (χ1v) is 9.82. The number of hydrogen-bond acceptors (Lipinski definition) is 4. The van der Waals surface area contributed by atoms with Gasteiger partial charge in [0.2, 0.25) is 0 Å². The number of rotatable bonds is 5. The first-order chi connectivity index (χ1) is 13.7. The van der Waals surface area contributed by atoms with Crippen molar-refractivity contribution in [3.63, 3.8) is 0 Å². The number of nitrogens with one attached hydrogen (secondary N) is 1. The maximum Gasteiger partial charge on any atom is 0.264 e. The Labute approximate surface area is 167 Å². The molecule has 1 N–H and O–H groups in total. The van der Waals surface area contributed by atoms with Crippen LogP contribution in [0.3, 0.4) is 0 Å². The number of pyridine rings is 1. The number of carbonyl (C=O) groups excluding carboxylic acids is 1. The minimum absolute atomic E-state index is 0.122. The molecule has 28 heavy (non-hydrogen) atoms. The van der Waals surface area contributed by atoms with Crippen LogP contribution in [0.25, 0.3) is 10.6 Å². The first-order valence-electron chi connectivity index (χ1n) is 9.01. The standard InChI is InChI=1S/C23H19N3OS/c1-16-21(28-23(25-16)19-13-8-14-24-15-19)22(27)26-20(17-9-4-2-5-10-17)18-11-6-3-7-12-18/h2-15,20H,1H3,(H,26,27). The third-order valence-electron chi connectivity index (χ3n) is 4.45. The van der Waals surface area contributed by atoms with Gasteiger partial charge in [0.15, 0.2) is 0 Å². The van der Waals surface area contributed by atoms with Crippen LogP contribution >= 0.6 is 11.3 Å². The largest absolute Gasteiger partial charge is 0.340 e. The molecule has 2 aromatic carbocycles. The number of hydrogen-bond donors (Lipinski definition) is 1. The molecular formula is C23H19N3OS. The molecule has 0 spiro atoms. The molecule has 0 aliphatic rings. The second-order valence-corrected chi connectivity index (χ2v) is 7.40. The summed E-state index contributed by atoms with van der Waals surface area (Å²) >= 11 is 1.39. The lowest BCUT2D eigenvalue weighted by atomic mass is 9.98. The Morgan fingerprint density at radius 1 is 0.929 bits per heavy atom. The monoisotopic (exact) mass is 385 g/mol. The fourth-order valence-electron chi connectivity index (χ4n) is 3.07. The van der Waals surface area contributed by atoms with E-state index in [1.54, 1.807) is 12.4 Å². The van der Waals surface area contributed by atoms with Crippen molar-refractivity contribution < 1.29 is 4.79 Å². The molecule has 5 heteroatoms. The van der Waals surface area contributed by atoms with Gasteiger partial charge in [0.25, 0.3) is 5.91 Å². The highest BCUT2D eigenvalue weighted by Crippen LogP contribution is 2.29. The Hall–Kier alpha value is -3.31. The average molecular weight is 385 g/mol. The van der Waals surface area contributed by atoms with E-state index in [0.717, 1.165) is 27.4 Å². The normalized spacial score (nSPS) is 10.8. The molecule has 2 heterocycles. The van der Waals surface area contributed by atoms with Gasteiger partial charge in [0.1, 0.15) is 9.88 Å². The lowest BCUT2D eigenvalue weighted by Gasteiger charge is -2.19. The van der Waals surface area contributed by atoms with Gasteiger partial charge in [-0.3, -0.25) is 9.78 Å². The van der Waals surface area contributed by atoms with Gasteiger partial charge < -0.3 is 5.32 Å². The van der Waals surface area contributed by atoms with Crippen LogP contribution in [0.2, 0.25) is 0 Å². The Morgan fingerprint density at radius 3 is 2.14 bits per heavy atom. The minimum atomic E-state index is -0.224. The molecule has 0 atom stereocenters. The number of aryl methyl sites for hydroxylation is 1. The Kier molecular flexibility index (Phi) is 5.26. The fraction of sp³-hybridized carbons (Fsp3) is 0.0870. The third kappa shape index (κ3) is 3.85. The van der Waals surface area contributed by atoms with Crippen molar-refractivity contribution in [3.05, 3.63) is 107 Å². The zero-order valence-corrected chi connectivity index (χ0v) is 16.2. The zero-order chi connectivity index (χ0) is 19.3. The van der Waals surface area contributed by atoms with Crippen LogP contribution < -0.4 is 5.32 Å². The molecule has 4 nitrogen and oxygen atoms in total. The van der Waals surface area contributed by atoms with Crippen LogP contribution in [0.15, 0.2) is 85.2 Å². The van der Waals surface area contributed by atoms with Crippen molar-refractivity contribution in [2.75, 3.05) is 0 Å². The highest BCUT2D eigenvalue weighted by Gasteiger charge is 2.21. The molecule has 138 valence electrons. The number of amides is 1. The summed E-state index contributed by atoms with van der Waals surface area (Å²) < 4.78 is 0. The molecule has 4 aromatic rings. The Balaban J connectivity index is 1.65. The van der Waals surface area contributed by atoms with E-state index < -0.39 is 0 Å². The minimum Gasteiger partial charge on any atom is -0.340 e. The van der Waals surface area contributed by atoms with Crippen LogP contribution in [-0.4, -0.2) is 15.9 Å². The number of carbonyl (C=O) groups is 1. The number of thiazole rings is 1. The molecule has 1 amide bonds. The molecular weight excluding hydrogens is 366 g/mol. The summed E-state index contributed by atoms with van der Waals surface area (Å²) in [7, 11) is 0. The number of benzene rings is 2. The maximum absolute atomic E-state index is 13.1. The van der Waals surface area contributed by atoms with Crippen molar-refractivity contribution in [2.45, 2.75) is 13.0 Å². The second kappa shape index (κ2) is 8.15. The van der Waals surface area contributed by atoms with Crippen molar-refractivity contribution in [1.29, 1.82) is 0 Å². The summed E-state index contributed by atoms with van der Waals surface area (Å²) in [5, 5.41) is 3.99. The Morgan fingerprint density at radius 2 is 1.57 bits per heavy atom. The van der Waals surface area contributed by atoms with Gasteiger partial charge in [-0.25, -0.2) is 4.98 Å². The molecule has 0 saturated carbocycles. The topological polar surface area (TPSA) is 54.9 Å². The van der Waals surface area contributed by atoms with E-state index in [1.807, 2.05) is 79.7 Å². The van der Waals surface area contributed by atoms with Crippen LogP contribution in [0, 0.1) is 6.92 Å². The smallest absolute Gasteiger partial charge is 0.264 e. The fourth-order valence-corrected chi connectivity index (χ4v) is 4.03. The zero-order valence-electron chi connectivity index (χ0n) is 15.4. The van der Waals surface area contributed by atoms with E-state index in [0.29, 0.717) is 4.88 Å². The SMILES string of the molecule is Cc1nc(-c2cccnc2)sc1C(=O)NC(c1ccccc1)c1ccccc1. The van der Waals surface area contributed by atoms with E-state index in [-0.39, 0.29) is 11.9 Å². The quantitative estimate of drug-likeness (QED) is 0.524. The molecule has 0 bridgehead atoms. The average Bonchev–Trinajstić information content (AvgIpc) is 3.15. The van der Waals surface area contributed by atoms with Crippen molar-refractivity contribution >= 4 is 17.2 Å². The molecule has 0 fully saturated rings. The molecule has 4 rings (SSSR count). The van der Waals surface area contributed by atoms with E-state index >= 15 is 0 Å². The second-order valence-electron chi connectivity index (χ2n) is 6.40. The van der Waals surface area contributed by atoms with E-state index in [2.05, 4.69) is 15.3 Å². The van der Waals surface area contributed by atoms with Crippen LogP contribution in [0.1, 0.15) is 32.5 Å². The van der Waals surface area contributed by atoms with Gasteiger partial charge in [-0.05, 0) is 30.2 Å². The van der Waals surface area contributed by atoms with E-state index in [9.17, 15) is 4.79 Å². The lowest BCUT2D eigenvalue weighted by Crippen LogP contribution is -2.29. The van der Waals surface area contributed by atoms with Gasteiger partial charge in [0.05, 0.1) is 11.7 Å². The summed E-state index contributed by atoms with van der Waals surface area (Å²) in [5.74, 6) is -0.122. The summed E-state index contributed by atoms with van der Waals surface area (Å²) in [6.45, 7) is 1.87. The lowest BCUT2D eigenvalue weighted by molar-refractivity contribution is 0.0946. The number of nitrogens with zero attached hydrogens (tertiary/aromatic N) is 2. The highest BCUT2D eigenvalue weighted by atomic mass is 32.1. The van der Waals surface area contributed by atoms with Crippen LogP contribution in [0.5, 0.6) is 0 Å². The summed E-state index contributed by atoms with van der Waals surface area (Å²) in [6.07, 6.45) is 3.48. The molecule has 0 radical (unpaired) electrons. The molecule has 0 aliphatic heterocycles. The predicted molar refractivity (Wildman–Crippen MR) is 112 cm³/mol. The van der Waals surface area contributed by atoms with Gasteiger partial charge in [-0.2, -0.15) is 0 Å². The highest BCUT2D eigenvalue weighted by molar-refractivity contribution is 7.17. The molecule has 0 aliphatic carbocycles. The maximum atomic E-state index is 13.1.